The zero-order valence-corrected chi connectivity index (χ0v) is 12.8. The van der Waals surface area contributed by atoms with Gasteiger partial charge in [-0.2, -0.15) is 0 Å². The van der Waals surface area contributed by atoms with Gasteiger partial charge in [-0.1, -0.05) is 20.3 Å². The summed E-state index contributed by atoms with van der Waals surface area (Å²) in [6, 6.07) is 1.23. The Kier molecular flexibility index (Phi) is 4.76. The van der Waals surface area contributed by atoms with Gasteiger partial charge in [0.1, 0.15) is 0 Å². The van der Waals surface area contributed by atoms with Crippen LogP contribution in [0, 0.1) is 12.8 Å². The first kappa shape index (κ1) is 14.0. The van der Waals surface area contributed by atoms with E-state index in [2.05, 4.69) is 48.3 Å². The van der Waals surface area contributed by atoms with Crippen molar-refractivity contribution < 1.29 is 0 Å². The lowest BCUT2D eigenvalue weighted by atomic mass is 9.95. The molecule has 0 spiro atoms. The molecular weight excluding hydrogens is 242 g/mol. The Hall–Kier alpha value is -0.450. The van der Waals surface area contributed by atoms with Crippen molar-refractivity contribution >= 4 is 11.3 Å². The highest BCUT2D eigenvalue weighted by molar-refractivity contribution is 7.09. The first-order chi connectivity index (χ1) is 8.60. The second-order valence-corrected chi connectivity index (χ2v) is 6.60. The molecule has 1 N–H and O–H groups in total. The lowest BCUT2D eigenvalue weighted by molar-refractivity contribution is 0.110. The van der Waals surface area contributed by atoms with E-state index in [0.29, 0.717) is 12.1 Å². The van der Waals surface area contributed by atoms with Gasteiger partial charge in [0.15, 0.2) is 0 Å². The van der Waals surface area contributed by atoms with Crippen molar-refractivity contribution in [1.82, 2.24) is 15.2 Å². The van der Waals surface area contributed by atoms with Gasteiger partial charge in [-0.15, -0.1) is 11.3 Å². The van der Waals surface area contributed by atoms with Crippen LogP contribution in [0.4, 0.5) is 0 Å². The summed E-state index contributed by atoms with van der Waals surface area (Å²) in [5.41, 5.74) is 1.23. The summed E-state index contributed by atoms with van der Waals surface area (Å²) in [6.45, 7) is 12.2. The molecule has 3 atom stereocenters. The predicted octanol–water partition coefficient (Wildman–Crippen LogP) is 2.66. The molecule has 1 aliphatic rings. The third-order valence-corrected chi connectivity index (χ3v) is 4.91. The third-order valence-electron chi connectivity index (χ3n) is 4.09. The number of nitrogens with zero attached hydrogens (tertiary/aromatic N) is 2. The Bertz CT molecular complexity index is 377. The van der Waals surface area contributed by atoms with Gasteiger partial charge in [0.25, 0.3) is 0 Å². The Morgan fingerprint density at radius 3 is 3.00 bits per heavy atom. The van der Waals surface area contributed by atoms with E-state index in [-0.39, 0.29) is 0 Å². The number of rotatable bonds is 4. The van der Waals surface area contributed by atoms with Gasteiger partial charge >= 0.3 is 0 Å². The van der Waals surface area contributed by atoms with Gasteiger partial charge in [0.05, 0.1) is 10.7 Å². The second-order valence-electron chi connectivity index (χ2n) is 5.54. The van der Waals surface area contributed by atoms with Crippen molar-refractivity contribution in [2.75, 3.05) is 13.1 Å². The van der Waals surface area contributed by atoms with Crippen LogP contribution in [-0.4, -0.2) is 35.1 Å². The molecule has 0 radical (unpaired) electrons. The average Bonchev–Trinajstić information content (AvgIpc) is 2.76. The monoisotopic (exact) mass is 267 g/mol. The van der Waals surface area contributed by atoms with Crippen LogP contribution < -0.4 is 5.32 Å². The fraction of sp³-hybridized carbons (Fsp3) is 0.786. The van der Waals surface area contributed by atoms with Crippen molar-refractivity contribution in [3.05, 3.63) is 16.1 Å². The number of thiazole rings is 1. The van der Waals surface area contributed by atoms with Crippen LogP contribution >= 0.6 is 11.3 Å². The molecule has 0 aliphatic carbocycles. The topological polar surface area (TPSA) is 28.2 Å². The number of piperazine rings is 1. The smallest absolute Gasteiger partial charge is 0.0897 e. The van der Waals surface area contributed by atoms with Crippen LogP contribution in [0.1, 0.15) is 37.9 Å². The molecule has 1 aromatic rings. The van der Waals surface area contributed by atoms with Crippen molar-refractivity contribution in [3.63, 3.8) is 0 Å². The second kappa shape index (κ2) is 6.13. The van der Waals surface area contributed by atoms with E-state index in [0.717, 1.165) is 25.6 Å². The number of aromatic nitrogens is 1. The van der Waals surface area contributed by atoms with Crippen molar-refractivity contribution in [1.29, 1.82) is 0 Å². The van der Waals surface area contributed by atoms with Gasteiger partial charge < -0.3 is 5.32 Å². The minimum absolute atomic E-state index is 0.604. The number of nitrogens with one attached hydrogen (secondary N) is 1. The molecule has 1 saturated heterocycles. The van der Waals surface area contributed by atoms with Gasteiger partial charge in [-0.3, -0.25) is 4.90 Å². The van der Waals surface area contributed by atoms with Crippen LogP contribution in [-0.2, 0) is 6.54 Å². The van der Waals surface area contributed by atoms with E-state index in [1.54, 1.807) is 11.3 Å². The summed E-state index contributed by atoms with van der Waals surface area (Å²) >= 11 is 1.75. The summed E-state index contributed by atoms with van der Waals surface area (Å²) in [5, 5.41) is 7.05. The van der Waals surface area contributed by atoms with E-state index < -0.39 is 0 Å². The number of hydrogen-bond donors (Lipinski definition) is 1. The van der Waals surface area contributed by atoms with Crippen molar-refractivity contribution in [3.8, 4) is 0 Å². The molecule has 4 heteroatoms. The Morgan fingerprint density at radius 1 is 1.61 bits per heavy atom. The Balaban J connectivity index is 1.97. The number of aryl methyl sites for hydroxylation is 1. The SMILES string of the molecule is CCC(C)C1CN(Cc2csc(C)n2)C(C)CN1. The zero-order chi connectivity index (χ0) is 13.1. The molecule has 2 heterocycles. The standard InChI is InChI=1S/C14H25N3S/c1-5-10(2)14-8-17(11(3)6-15-14)7-13-9-18-12(4)16-13/h9-11,14-15H,5-8H2,1-4H3. The third kappa shape index (κ3) is 3.31. The van der Waals surface area contributed by atoms with E-state index in [4.69, 9.17) is 0 Å². The lowest BCUT2D eigenvalue weighted by Gasteiger charge is -2.40. The zero-order valence-electron chi connectivity index (χ0n) is 11.9. The molecule has 0 saturated carbocycles. The summed E-state index contributed by atoms with van der Waals surface area (Å²) < 4.78 is 0. The first-order valence-corrected chi connectivity index (χ1v) is 7.86. The molecule has 0 bridgehead atoms. The van der Waals surface area contributed by atoms with E-state index in [1.165, 1.54) is 17.1 Å². The molecule has 18 heavy (non-hydrogen) atoms. The van der Waals surface area contributed by atoms with Gasteiger partial charge in [-0.25, -0.2) is 4.98 Å². The van der Waals surface area contributed by atoms with E-state index in [9.17, 15) is 0 Å². The van der Waals surface area contributed by atoms with E-state index >= 15 is 0 Å². The first-order valence-electron chi connectivity index (χ1n) is 6.98. The van der Waals surface area contributed by atoms with Gasteiger partial charge in [0.2, 0.25) is 0 Å². The van der Waals surface area contributed by atoms with Crippen LogP contribution in [0.2, 0.25) is 0 Å². The molecular formula is C14H25N3S. The predicted molar refractivity (Wildman–Crippen MR) is 78.0 cm³/mol. The highest BCUT2D eigenvalue weighted by Crippen LogP contribution is 2.18. The molecule has 3 nitrogen and oxygen atoms in total. The summed E-state index contributed by atoms with van der Waals surface area (Å²) in [4.78, 5) is 7.16. The maximum Gasteiger partial charge on any atom is 0.0897 e. The van der Waals surface area contributed by atoms with Crippen molar-refractivity contribution in [2.45, 2.75) is 52.7 Å². The molecule has 102 valence electrons. The van der Waals surface area contributed by atoms with Crippen molar-refractivity contribution in [2.24, 2.45) is 5.92 Å². The summed E-state index contributed by atoms with van der Waals surface area (Å²) in [7, 11) is 0. The fourth-order valence-electron chi connectivity index (χ4n) is 2.52. The number of hydrogen-bond acceptors (Lipinski definition) is 4. The highest BCUT2D eigenvalue weighted by atomic mass is 32.1. The summed E-state index contributed by atoms with van der Waals surface area (Å²) in [5.74, 6) is 0.747. The largest absolute Gasteiger partial charge is 0.311 e. The Labute approximate surface area is 115 Å². The molecule has 1 aliphatic heterocycles. The molecule has 0 aromatic carbocycles. The molecule has 3 unspecified atom stereocenters. The molecule has 2 rings (SSSR count). The van der Waals surface area contributed by atoms with Crippen LogP contribution in [0.15, 0.2) is 5.38 Å². The molecule has 1 aromatic heterocycles. The molecule has 0 amide bonds. The van der Waals surface area contributed by atoms with E-state index in [1.807, 2.05) is 0 Å². The minimum atomic E-state index is 0.604. The van der Waals surface area contributed by atoms with Gasteiger partial charge in [0, 0.05) is 37.1 Å². The fourth-order valence-corrected chi connectivity index (χ4v) is 3.13. The quantitative estimate of drug-likeness (QED) is 0.909. The lowest BCUT2D eigenvalue weighted by Crippen LogP contribution is -2.56. The van der Waals surface area contributed by atoms with Crippen LogP contribution in [0.3, 0.4) is 0 Å². The maximum atomic E-state index is 4.59. The Morgan fingerprint density at radius 2 is 2.39 bits per heavy atom. The van der Waals surface area contributed by atoms with Crippen LogP contribution in [0.5, 0.6) is 0 Å². The van der Waals surface area contributed by atoms with Crippen LogP contribution in [0.25, 0.3) is 0 Å². The minimum Gasteiger partial charge on any atom is -0.311 e. The highest BCUT2D eigenvalue weighted by Gasteiger charge is 2.27. The summed E-state index contributed by atoms with van der Waals surface area (Å²) in [6.07, 6.45) is 1.25. The average molecular weight is 267 g/mol. The molecule has 1 fully saturated rings. The van der Waals surface area contributed by atoms with Gasteiger partial charge in [-0.05, 0) is 19.8 Å². The maximum absolute atomic E-state index is 4.59. The normalized spacial score (nSPS) is 27.3.